The van der Waals surface area contributed by atoms with E-state index in [1.807, 2.05) is 0 Å². The van der Waals surface area contributed by atoms with E-state index in [1.54, 1.807) is 121 Å². The van der Waals surface area contributed by atoms with Gasteiger partial charge in [-0.1, -0.05) is 101 Å². The van der Waals surface area contributed by atoms with Crippen molar-refractivity contribution < 1.29 is 61.3 Å². The monoisotopic (exact) mass is 995 g/mol. The Morgan fingerprint density at radius 2 is 0.761 bits per heavy atom. The first-order chi connectivity index (χ1) is 31.5. The average Bonchev–Trinajstić information content (AvgIpc) is 3.49. The minimum absolute atomic E-state index is 0.182. The van der Waals surface area contributed by atoms with Gasteiger partial charge >= 0.3 is 46.4 Å². The number of sulfonamides is 2. The standard InChI is InChI=1S/C46H33F6N3O8P2S2/c1-25-21-29-13-5-9-17-33(29)37-38-34-18-10-6-14-30(34)22-26(2)42(38)61-64(60-41(25)37,54-66(56,57)45(47,48)49)53-65(55-67(58,59)46(50,51)52)62-43-27(3)23-31-15-7-11-19-35(31)39(43)40-36-20-12-8-16-32(36)24-28(4)44(40)63-65/h5-24,54H,1-4H3. The lowest BCUT2D eigenvalue weighted by atomic mass is 9.89. The van der Waals surface area contributed by atoms with Gasteiger partial charge in [-0.3, -0.25) is 0 Å². The van der Waals surface area contributed by atoms with Gasteiger partial charge < -0.3 is 18.1 Å². The number of alkyl halides is 6. The van der Waals surface area contributed by atoms with Gasteiger partial charge in [-0.2, -0.15) is 34.8 Å². The zero-order chi connectivity index (χ0) is 47.6. The molecule has 0 atom stereocenters. The number of benzene rings is 8. The number of rotatable bonds is 4. The van der Waals surface area contributed by atoms with Crippen LogP contribution in [-0.2, 0) is 20.0 Å². The van der Waals surface area contributed by atoms with Crippen molar-refractivity contribution in [3.8, 4) is 45.3 Å². The first-order valence-corrected chi connectivity index (χ1v) is 26.1. The molecule has 0 unspecified atom stereocenters. The topological polar surface area (TPSA) is 142 Å². The summed E-state index contributed by atoms with van der Waals surface area (Å²) in [6, 6.07) is 33.8. The van der Waals surface area contributed by atoms with Crippen molar-refractivity contribution in [1.82, 2.24) is 4.49 Å². The molecule has 1 N–H and O–H groups in total. The first-order valence-electron chi connectivity index (χ1n) is 20.1. The second-order valence-corrected chi connectivity index (χ2v) is 23.7. The Hall–Kier alpha value is -6.10. The highest BCUT2D eigenvalue weighted by Crippen LogP contribution is 2.71. The molecule has 8 aromatic rings. The summed E-state index contributed by atoms with van der Waals surface area (Å²) in [5, 5.41) is 4.23. The average molecular weight is 996 g/mol. The molecule has 0 aromatic heterocycles. The van der Waals surface area contributed by atoms with Crippen LogP contribution in [-0.4, -0.2) is 27.9 Å². The van der Waals surface area contributed by atoms with Crippen LogP contribution >= 0.6 is 15.3 Å². The SMILES string of the molecule is Cc1cc2ccccc2c2c1OP(=NS(=O)(=O)C(F)(F)F)(N=P1(NS(=O)(=O)C(F)(F)F)Oc3c(C)cc4ccccc4c3-c3c(c(C)cc4ccccc34)O1)Oc1c(C)cc3ccccc3c1-2. The lowest BCUT2D eigenvalue weighted by Gasteiger charge is -2.29. The quantitative estimate of drug-likeness (QED) is 0.136. The molecule has 0 fully saturated rings. The molecule has 10 rings (SSSR count). The Labute approximate surface area is 378 Å². The van der Waals surface area contributed by atoms with Crippen LogP contribution in [0.25, 0.3) is 65.3 Å². The molecule has 0 saturated carbocycles. The van der Waals surface area contributed by atoms with Crippen LogP contribution in [0.3, 0.4) is 0 Å². The lowest BCUT2D eigenvalue weighted by Crippen LogP contribution is -2.37. The number of aryl methyl sites for hydroxylation is 4. The van der Waals surface area contributed by atoms with Crippen molar-refractivity contribution in [1.29, 1.82) is 0 Å². The number of nitrogens with one attached hydrogen (secondary N) is 1. The van der Waals surface area contributed by atoms with Crippen molar-refractivity contribution in [2.75, 3.05) is 0 Å². The number of hydrogen-bond acceptors (Lipinski definition) is 8. The number of fused-ring (bicyclic) bond motifs is 14. The van der Waals surface area contributed by atoms with Crippen LogP contribution in [0.15, 0.2) is 130 Å². The molecular formula is C46H33F6N3O8P2S2. The normalized spacial score (nSPS) is 15.4. The van der Waals surface area contributed by atoms with Crippen LogP contribution in [0.4, 0.5) is 26.3 Å². The van der Waals surface area contributed by atoms with E-state index < -0.39 is 46.4 Å². The van der Waals surface area contributed by atoms with Crippen LogP contribution in [0, 0.1) is 27.7 Å². The van der Waals surface area contributed by atoms with Gasteiger partial charge in [0.15, 0.2) is 0 Å². The van der Waals surface area contributed by atoms with E-state index in [0.29, 0.717) is 43.1 Å². The van der Waals surface area contributed by atoms with Crippen LogP contribution in [0.5, 0.6) is 23.0 Å². The van der Waals surface area contributed by atoms with E-state index in [9.17, 15) is 43.2 Å². The highest BCUT2D eigenvalue weighted by atomic mass is 32.2. The van der Waals surface area contributed by atoms with Crippen molar-refractivity contribution in [2.45, 2.75) is 38.7 Å². The van der Waals surface area contributed by atoms with E-state index in [1.165, 1.54) is 32.2 Å². The maximum absolute atomic E-state index is 14.9. The Balaban J connectivity index is 1.43. The second-order valence-electron chi connectivity index (χ2n) is 16.0. The number of nitrogens with zero attached hydrogens (tertiary/aromatic N) is 2. The van der Waals surface area contributed by atoms with E-state index in [4.69, 9.17) is 18.1 Å². The molecule has 21 heteroatoms. The predicted molar refractivity (Wildman–Crippen MR) is 247 cm³/mol. The molecule has 2 aliphatic heterocycles. The fraction of sp³-hybridized carbons (Fsp3) is 0.130. The van der Waals surface area contributed by atoms with Crippen LogP contribution in [0.2, 0.25) is 0 Å². The van der Waals surface area contributed by atoms with Crippen molar-refractivity contribution in [3.63, 3.8) is 0 Å². The summed E-state index contributed by atoms with van der Waals surface area (Å²) in [5.41, 5.74) is -10.8. The Morgan fingerprint density at radius 3 is 1.06 bits per heavy atom. The molecule has 67 heavy (non-hydrogen) atoms. The molecule has 8 aromatic carbocycles. The van der Waals surface area contributed by atoms with Crippen molar-refractivity contribution >= 4 is 78.5 Å². The summed E-state index contributed by atoms with van der Waals surface area (Å²) in [6.45, 7) is 6.04. The minimum atomic E-state index is -6.80. The zero-order valence-electron chi connectivity index (χ0n) is 35.2. The maximum atomic E-state index is 14.9. The van der Waals surface area contributed by atoms with Crippen molar-refractivity contribution in [3.05, 3.63) is 144 Å². The van der Waals surface area contributed by atoms with Gasteiger partial charge in [0, 0.05) is 22.3 Å². The molecule has 2 heterocycles. The van der Waals surface area contributed by atoms with Gasteiger partial charge in [0.2, 0.25) is 0 Å². The third-order valence-electron chi connectivity index (χ3n) is 11.4. The summed E-state index contributed by atoms with van der Waals surface area (Å²) in [7, 11) is -25.2. The Bertz CT molecular complexity index is 3650. The van der Waals surface area contributed by atoms with Crippen molar-refractivity contribution in [2.24, 2.45) is 8.67 Å². The summed E-state index contributed by atoms with van der Waals surface area (Å²) in [6.07, 6.45) is 0. The Kier molecular flexibility index (Phi) is 10.2. The van der Waals surface area contributed by atoms with Gasteiger partial charge in [0.25, 0.3) is 0 Å². The molecule has 0 aliphatic carbocycles. The second kappa shape index (κ2) is 15.2. The molecule has 0 bridgehead atoms. The van der Waals surface area contributed by atoms with Gasteiger partial charge in [0.1, 0.15) is 23.0 Å². The first kappa shape index (κ1) is 44.7. The van der Waals surface area contributed by atoms with E-state index >= 15 is 0 Å². The fourth-order valence-electron chi connectivity index (χ4n) is 8.57. The van der Waals surface area contributed by atoms with Gasteiger partial charge in [-0.25, -0.2) is 8.42 Å². The smallest absolute Gasteiger partial charge is 0.417 e. The summed E-state index contributed by atoms with van der Waals surface area (Å²) >= 11 is 0. The van der Waals surface area contributed by atoms with Crippen LogP contribution < -0.4 is 22.6 Å². The van der Waals surface area contributed by atoms with Gasteiger partial charge in [-0.15, -0.1) is 9.01 Å². The molecule has 344 valence electrons. The summed E-state index contributed by atoms with van der Waals surface area (Å²) in [5.74, 6) is -1.23. The summed E-state index contributed by atoms with van der Waals surface area (Å²) < 4.78 is 179. The van der Waals surface area contributed by atoms with Gasteiger partial charge in [0.05, 0.1) is 0 Å². The predicted octanol–water partition coefficient (Wildman–Crippen LogP) is 14.3. The molecule has 0 radical (unpaired) electrons. The third-order valence-corrected chi connectivity index (χ3v) is 19.7. The zero-order valence-corrected chi connectivity index (χ0v) is 38.6. The minimum Gasteiger partial charge on any atom is -0.417 e. The van der Waals surface area contributed by atoms with Gasteiger partial charge in [-0.05, 0) is 117 Å². The van der Waals surface area contributed by atoms with E-state index in [2.05, 4.69) is 8.67 Å². The lowest BCUT2D eigenvalue weighted by molar-refractivity contribution is -0.0445. The number of hydrogen-bond donors (Lipinski definition) is 1. The van der Waals surface area contributed by atoms with E-state index in [0.717, 1.165) is 0 Å². The molecular weight excluding hydrogens is 963 g/mol. The fourth-order valence-corrected chi connectivity index (χ4v) is 16.9. The maximum Gasteiger partial charge on any atom is 0.518 e. The van der Waals surface area contributed by atoms with E-state index in [-0.39, 0.29) is 67.5 Å². The molecule has 0 spiro atoms. The Morgan fingerprint density at radius 1 is 0.463 bits per heavy atom. The molecule has 11 nitrogen and oxygen atoms in total. The summed E-state index contributed by atoms with van der Waals surface area (Å²) in [4.78, 5) is 0. The highest BCUT2D eigenvalue weighted by Gasteiger charge is 2.55. The third kappa shape index (κ3) is 7.30. The highest BCUT2D eigenvalue weighted by molar-refractivity contribution is 7.97. The largest absolute Gasteiger partial charge is 0.518 e. The molecule has 2 aliphatic rings. The molecule has 0 amide bonds. The number of halogens is 6. The van der Waals surface area contributed by atoms with Crippen LogP contribution in [0.1, 0.15) is 22.3 Å². The molecule has 0 saturated heterocycles.